The molecular formula is C24H20N2O2. The van der Waals surface area contributed by atoms with E-state index in [9.17, 15) is 4.79 Å². The maximum Gasteiger partial charge on any atom is 0.411 e. The van der Waals surface area contributed by atoms with Gasteiger partial charge in [0.25, 0.3) is 0 Å². The van der Waals surface area contributed by atoms with Crippen molar-refractivity contribution in [2.75, 3.05) is 11.1 Å². The zero-order chi connectivity index (χ0) is 19.3. The van der Waals surface area contributed by atoms with Crippen LogP contribution in [0.5, 0.6) is 0 Å². The lowest BCUT2D eigenvalue weighted by atomic mass is 9.95. The summed E-state index contributed by atoms with van der Waals surface area (Å²) in [5, 5.41) is 4.97. The molecule has 4 nitrogen and oxygen atoms in total. The summed E-state index contributed by atoms with van der Waals surface area (Å²) in [6, 6.07) is 29.1. The molecule has 0 aliphatic carbocycles. The predicted molar refractivity (Wildman–Crippen MR) is 114 cm³/mol. The van der Waals surface area contributed by atoms with Crippen LogP contribution in [0.25, 0.3) is 21.9 Å². The van der Waals surface area contributed by atoms with Gasteiger partial charge in [-0.1, -0.05) is 78.9 Å². The Morgan fingerprint density at radius 2 is 1.54 bits per heavy atom. The number of anilines is 2. The van der Waals surface area contributed by atoms with Gasteiger partial charge in [0, 0.05) is 16.8 Å². The van der Waals surface area contributed by atoms with Crippen LogP contribution in [-0.2, 0) is 11.3 Å². The summed E-state index contributed by atoms with van der Waals surface area (Å²) in [5.74, 6) is 0. The zero-order valence-electron chi connectivity index (χ0n) is 15.3. The second-order valence-corrected chi connectivity index (χ2v) is 6.48. The number of carbonyl (C=O) groups excluding carboxylic acids is 1. The molecule has 3 N–H and O–H groups in total. The fraction of sp³-hybridized carbons (Fsp3) is 0.0417. The highest BCUT2D eigenvalue weighted by Crippen LogP contribution is 2.38. The standard InChI is InChI=1S/C24H20N2O2/c25-21-13-7-6-12-20(21)23-19-11-5-4-10-18(19)14-15-22(23)26-24(27)28-16-17-8-2-1-3-9-17/h1-15H,16,25H2,(H,26,27). The third-order valence-corrected chi connectivity index (χ3v) is 4.61. The Bertz CT molecular complexity index is 1120. The number of nitrogen functional groups attached to an aromatic ring is 1. The Hall–Kier alpha value is -3.79. The molecule has 4 aromatic carbocycles. The molecular weight excluding hydrogens is 348 g/mol. The van der Waals surface area contributed by atoms with Gasteiger partial charge in [-0.3, -0.25) is 5.32 Å². The highest BCUT2D eigenvalue weighted by molar-refractivity contribution is 6.07. The van der Waals surface area contributed by atoms with E-state index < -0.39 is 6.09 Å². The number of ether oxygens (including phenoxy) is 1. The smallest absolute Gasteiger partial charge is 0.411 e. The second kappa shape index (κ2) is 7.84. The molecule has 0 atom stereocenters. The van der Waals surface area contributed by atoms with E-state index in [1.165, 1.54) is 0 Å². The highest BCUT2D eigenvalue weighted by Gasteiger charge is 2.15. The fourth-order valence-electron chi connectivity index (χ4n) is 3.26. The van der Waals surface area contributed by atoms with Gasteiger partial charge in [-0.15, -0.1) is 0 Å². The molecule has 1 amide bonds. The van der Waals surface area contributed by atoms with Crippen molar-refractivity contribution in [1.29, 1.82) is 0 Å². The van der Waals surface area contributed by atoms with Gasteiger partial charge in [0.1, 0.15) is 6.61 Å². The number of amides is 1. The van der Waals surface area contributed by atoms with Gasteiger partial charge in [-0.2, -0.15) is 0 Å². The Balaban J connectivity index is 1.68. The first-order chi connectivity index (χ1) is 13.7. The number of carbonyl (C=O) groups is 1. The Kier molecular flexibility index (Phi) is 4.93. The summed E-state index contributed by atoms with van der Waals surface area (Å²) >= 11 is 0. The number of fused-ring (bicyclic) bond motifs is 1. The molecule has 4 rings (SSSR count). The predicted octanol–water partition coefficient (Wildman–Crippen LogP) is 5.84. The van der Waals surface area contributed by atoms with Crippen LogP contribution in [0.3, 0.4) is 0 Å². The topological polar surface area (TPSA) is 64.3 Å². The van der Waals surface area contributed by atoms with Crippen molar-refractivity contribution in [2.45, 2.75) is 6.61 Å². The van der Waals surface area contributed by atoms with Gasteiger partial charge in [0.2, 0.25) is 0 Å². The second-order valence-electron chi connectivity index (χ2n) is 6.48. The molecule has 0 spiro atoms. The molecule has 0 saturated heterocycles. The van der Waals surface area contributed by atoms with E-state index in [1.807, 2.05) is 91.0 Å². The van der Waals surface area contributed by atoms with Crippen LogP contribution in [0.15, 0.2) is 91.0 Å². The number of hydrogen-bond donors (Lipinski definition) is 2. The minimum atomic E-state index is -0.505. The van der Waals surface area contributed by atoms with Crippen LogP contribution < -0.4 is 11.1 Å². The summed E-state index contributed by atoms with van der Waals surface area (Å²) in [6.07, 6.45) is -0.505. The average molecular weight is 368 g/mol. The van der Waals surface area contributed by atoms with Gasteiger partial charge in [-0.25, -0.2) is 4.79 Å². The van der Waals surface area contributed by atoms with E-state index in [0.29, 0.717) is 11.4 Å². The first kappa shape index (κ1) is 17.6. The SMILES string of the molecule is Nc1ccccc1-c1c(NC(=O)OCc2ccccc2)ccc2ccccc12. The highest BCUT2D eigenvalue weighted by atomic mass is 16.5. The minimum Gasteiger partial charge on any atom is -0.444 e. The molecule has 0 saturated carbocycles. The largest absolute Gasteiger partial charge is 0.444 e. The lowest BCUT2D eigenvalue weighted by molar-refractivity contribution is 0.155. The molecule has 0 heterocycles. The molecule has 28 heavy (non-hydrogen) atoms. The first-order valence-corrected chi connectivity index (χ1v) is 9.07. The number of rotatable bonds is 4. The Morgan fingerprint density at radius 1 is 0.821 bits per heavy atom. The monoisotopic (exact) mass is 368 g/mol. The molecule has 0 unspecified atom stereocenters. The van der Waals surface area contributed by atoms with Gasteiger partial charge in [-0.05, 0) is 28.5 Å². The first-order valence-electron chi connectivity index (χ1n) is 9.07. The number of nitrogens with two attached hydrogens (primary N) is 1. The third kappa shape index (κ3) is 3.67. The molecule has 138 valence electrons. The Morgan fingerprint density at radius 3 is 2.36 bits per heavy atom. The van der Waals surface area contributed by atoms with E-state index in [4.69, 9.17) is 10.5 Å². The van der Waals surface area contributed by atoms with Crippen LogP contribution in [0.4, 0.5) is 16.2 Å². The van der Waals surface area contributed by atoms with Crippen molar-refractivity contribution < 1.29 is 9.53 Å². The van der Waals surface area contributed by atoms with Gasteiger partial charge < -0.3 is 10.5 Å². The molecule has 0 aliphatic rings. The van der Waals surface area contributed by atoms with Crippen LogP contribution in [0, 0.1) is 0 Å². The summed E-state index contributed by atoms with van der Waals surface area (Å²) in [6.45, 7) is 0.211. The number of benzene rings is 4. The lowest BCUT2D eigenvalue weighted by Gasteiger charge is -2.16. The van der Waals surface area contributed by atoms with Crippen molar-refractivity contribution >= 4 is 28.2 Å². The summed E-state index contributed by atoms with van der Waals surface area (Å²) in [4.78, 5) is 12.4. The third-order valence-electron chi connectivity index (χ3n) is 4.61. The van der Waals surface area contributed by atoms with Gasteiger partial charge in [0.05, 0.1) is 5.69 Å². The van der Waals surface area contributed by atoms with Gasteiger partial charge in [0.15, 0.2) is 0 Å². The van der Waals surface area contributed by atoms with Crippen molar-refractivity contribution in [2.24, 2.45) is 0 Å². The zero-order valence-corrected chi connectivity index (χ0v) is 15.3. The normalized spacial score (nSPS) is 10.6. The molecule has 0 aromatic heterocycles. The Labute approximate surface area is 163 Å². The molecule has 0 fully saturated rings. The van der Waals surface area contributed by atoms with E-state index in [-0.39, 0.29) is 6.61 Å². The molecule has 4 heteroatoms. The molecule has 4 aromatic rings. The molecule has 0 bridgehead atoms. The summed E-state index contributed by atoms with van der Waals surface area (Å²) in [5.41, 5.74) is 10.2. The lowest BCUT2D eigenvalue weighted by Crippen LogP contribution is -2.14. The summed E-state index contributed by atoms with van der Waals surface area (Å²) < 4.78 is 5.38. The number of nitrogens with one attached hydrogen (secondary N) is 1. The number of hydrogen-bond acceptors (Lipinski definition) is 3. The van der Waals surface area contributed by atoms with Crippen molar-refractivity contribution in [3.8, 4) is 11.1 Å². The minimum absolute atomic E-state index is 0.211. The van der Waals surface area contributed by atoms with Crippen molar-refractivity contribution in [3.05, 3.63) is 96.6 Å². The maximum absolute atomic E-state index is 12.4. The molecule has 0 aliphatic heterocycles. The van der Waals surface area contributed by atoms with E-state index in [2.05, 4.69) is 5.32 Å². The summed E-state index contributed by atoms with van der Waals surface area (Å²) in [7, 11) is 0. The number of para-hydroxylation sites is 1. The van der Waals surface area contributed by atoms with Crippen LogP contribution in [-0.4, -0.2) is 6.09 Å². The van der Waals surface area contributed by atoms with Crippen molar-refractivity contribution in [3.63, 3.8) is 0 Å². The van der Waals surface area contributed by atoms with Crippen LogP contribution >= 0.6 is 0 Å². The van der Waals surface area contributed by atoms with Gasteiger partial charge >= 0.3 is 6.09 Å². The van der Waals surface area contributed by atoms with E-state index in [1.54, 1.807) is 0 Å². The van der Waals surface area contributed by atoms with Crippen molar-refractivity contribution in [1.82, 2.24) is 0 Å². The fourth-order valence-corrected chi connectivity index (χ4v) is 3.26. The maximum atomic E-state index is 12.4. The quantitative estimate of drug-likeness (QED) is 0.445. The average Bonchev–Trinajstić information content (AvgIpc) is 2.74. The van der Waals surface area contributed by atoms with E-state index in [0.717, 1.165) is 27.5 Å². The van der Waals surface area contributed by atoms with Crippen LogP contribution in [0.2, 0.25) is 0 Å². The van der Waals surface area contributed by atoms with E-state index >= 15 is 0 Å². The van der Waals surface area contributed by atoms with Crippen LogP contribution in [0.1, 0.15) is 5.56 Å². The molecule has 0 radical (unpaired) electrons.